The van der Waals surface area contributed by atoms with Gasteiger partial charge in [0.15, 0.2) is 18.2 Å². The molecule has 0 aromatic heterocycles. The SMILES string of the molecule is CCO[Si](CC=[P+](c1ccccc1)c1ccccc1)(OCC)OCC. The molecule has 2 aromatic carbocycles. The average Bonchev–Trinajstić information content (AvgIpc) is 2.64. The van der Waals surface area contributed by atoms with Crippen LogP contribution in [0.4, 0.5) is 0 Å². The Morgan fingerprint density at radius 3 is 1.48 bits per heavy atom. The number of hydrogen-bond acceptors (Lipinski definition) is 3. The van der Waals surface area contributed by atoms with Crippen LogP contribution in [0.3, 0.4) is 0 Å². The van der Waals surface area contributed by atoms with Crippen LogP contribution >= 0.6 is 7.55 Å². The Morgan fingerprint density at radius 1 is 0.720 bits per heavy atom. The van der Waals surface area contributed by atoms with Crippen molar-refractivity contribution >= 4 is 32.8 Å². The second-order valence-corrected chi connectivity index (χ2v) is 10.2. The van der Waals surface area contributed by atoms with Gasteiger partial charge < -0.3 is 13.3 Å². The van der Waals surface area contributed by atoms with E-state index in [0.717, 1.165) is 6.04 Å². The van der Waals surface area contributed by atoms with Gasteiger partial charge in [0, 0.05) is 19.8 Å². The molecular weight excluding hydrogens is 347 g/mol. The first-order valence-electron chi connectivity index (χ1n) is 8.89. The Morgan fingerprint density at radius 2 is 1.12 bits per heavy atom. The van der Waals surface area contributed by atoms with Crippen LogP contribution in [0.2, 0.25) is 6.04 Å². The number of hydrogen-bond donors (Lipinski definition) is 0. The quantitative estimate of drug-likeness (QED) is 0.465. The lowest BCUT2D eigenvalue weighted by atomic mass is 10.4. The van der Waals surface area contributed by atoms with Gasteiger partial charge in [-0.2, -0.15) is 0 Å². The minimum absolute atomic E-state index is 0.578. The molecule has 0 aliphatic carbocycles. The largest absolute Gasteiger partial charge is 0.508 e. The van der Waals surface area contributed by atoms with Gasteiger partial charge in [-0.3, -0.25) is 0 Å². The number of rotatable bonds is 10. The first kappa shape index (κ1) is 20.0. The molecule has 25 heavy (non-hydrogen) atoms. The van der Waals surface area contributed by atoms with Gasteiger partial charge in [-0.1, -0.05) is 36.4 Å². The van der Waals surface area contributed by atoms with Crippen LogP contribution in [0.15, 0.2) is 60.7 Å². The van der Waals surface area contributed by atoms with Crippen molar-refractivity contribution < 1.29 is 13.3 Å². The van der Waals surface area contributed by atoms with E-state index in [9.17, 15) is 0 Å². The Kier molecular flexibility index (Phi) is 8.52. The zero-order valence-electron chi connectivity index (χ0n) is 15.4. The second kappa shape index (κ2) is 10.6. The zero-order chi connectivity index (χ0) is 18.0. The normalized spacial score (nSPS) is 11.3. The Balaban J connectivity index is 2.38. The van der Waals surface area contributed by atoms with Crippen molar-refractivity contribution in [3.8, 4) is 0 Å². The Bertz CT molecular complexity index is 588. The van der Waals surface area contributed by atoms with Gasteiger partial charge in [-0.25, -0.2) is 0 Å². The molecule has 0 bridgehead atoms. The molecule has 0 atom stereocenters. The van der Waals surface area contributed by atoms with Crippen molar-refractivity contribution in [2.75, 3.05) is 19.8 Å². The topological polar surface area (TPSA) is 27.7 Å². The molecule has 2 rings (SSSR count). The molecule has 2 aromatic rings. The molecule has 0 spiro atoms. The molecular formula is C20H28O3PSi+. The minimum atomic E-state index is -2.66. The van der Waals surface area contributed by atoms with Crippen LogP contribution in [-0.2, 0) is 13.3 Å². The van der Waals surface area contributed by atoms with Crippen molar-refractivity contribution in [1.29, 1.82) is 0 Å². The molecule has 0 aliphatic heterocycles. The van der Waals surface area contributed by atoms with Gasteiger partial charge in [0.1, 0.15) is 5.80 Å². The average molecular weight is 376 g/mol. The standard InChI is InChI=1S/C20H28O3PSi/c1-4-21-25(22-5-2,23-6-3)18-17-24(19-13-9-7-10-14-19)20-15-11-8-12-16-20/h7-17H,4-6,18H2,1-3H3/q+1. The molecule has 134 valence electrons. The summed E-state index contributed by atoms with van der Waals surface area (Å²) in [7, 11) is -3.24. The maximum absolute atomic E-state index is 6.01. The lowest BCUT2D eigenvalue weighted by Crippen LogP contribution is -2.46. The van der Waals surface area contributed by atoms with Crippen molar-refractivity contribution in [3.05, 3.63) is 60.7 Å². The first-order chi connectivity index (χ1) is 12.2. The highest BCUT2D eigenvalue weighted by Crippen LogP contribution is 2.24. The van der Waals surface area contributed by atoms with Gasteiger partial charge >= 0.3 is 8.80 Å². The molecule has 0 fully saturated rings. The predicted molar refractivity (Wildman–Crippen MR) is 111 cm³/mol. The van der Waals surface area contributed by atoms with Gasteiger partial charge in [0.05, 0.1) is 6.04 Å². The first-order valence-corrected chi connectivity index (χ1v) is 12.2. The molecule has 0 aliphatic rings. The highest BCUT2D eigenvalue weighted by Gasteiger charge is 2.41. The molecule has 5 heteroatoms. The van der Waals surface area contributed by atoms with E-state index in [4.69, 9.17) is 13.3 Å². The third-order valence-corrected chi connectivity index (χ3v) is 9.18. The van der Waals surface area contributed by atoms with Crippen molar-refractivity contribution in [2.24, 2.45) is 0 Å². The summed E-state index contributed by atoms with van der Waals surface area (Å²) in [4.78, 5) is 0. The Labute approximate surface area is 153 Å². The minimum Gasteiger partial charge on any atom is -0.373 e. The molecule has 0 radical (unpaired) electrons. The summed E-state index contributed by atoms with van der Waals surface area (Å²) in [5.41, 5.74) is 0. The highest BCUT2D eigenvalue weighted by atomic mass is 31.1. The van der Waals surface area contributed by atoms with Crippen LogP contribution in [0.1, 0.15) is 20.8 Å². The van der Waals surface area contributed by atoms with E-state index in [1.54, 1.807) is 0 Å². The summed E-state index contributed by atoms with van der Waals surface area (Å²) in [5, 5.41) is 2.66. The van der Waals surface area contributed by atoms with E-state index in [1.165, 1.54) is 10.6 Å². The molecule has 0 N–H and O–H groups in total. The molecule has 0 amide bonds. The molecule has 0 saturated heterocycles. The number of benzene rings is 2. The van der Waals surface area contributed by atoms with Gasteiger partial charge in [0.25, 0.3) is 0 Å². The van der Waals surface area contributed by atoms with Gasteiger partial charge in [-0.05, 0) is 45.0 Å². The van der Waals surface area contributed by atoms with Crippen LogP contribution in [0.25, 0.3) is 0 Å². The molecule has 0 unspecified atom stereocenters. The summed E-state index contributed by atoms with van der Waals surface area (Å²) < 4.78 is 18.0. The monoisotopic (exact) mass is 375 g/mol. The fraction of sp³-hybridized carbons (Fsp3) is 0.350. The molecule has 0 heterocycles. The highest BCUT2D eigenvalue weighted by molar-refractivity contribution is 7.72. The molecule has 3 nitrogen and oxygen atoms in total. The van der Waals surface area contributed by atoms with E-state index in [-0.39, 0.29) is 0 Å². The maximum Gasteiger partial charge on any atom is 0.508 e. The summed E-state index contributed by atoms with van der Waals surface area (Å²) in [6.45, 7) is 7.81. The van der Waals surface area contributed by atoms with Crippen molar-refractivity contribution in [1.82, 2.24) is 0 Å². The summed E-state index contributed by atoms with van der Waals surface area (Å²) >= 11 is 0. The third kappa shape index (κ3) is 5.88. The van der Waals surface area contributed by atoms with Gasteiger partial charge in [-0.15, -0.1) is 0 Å². The van der Waals surface area contributed by atoms with E-state index < -0.39 is 16.3 Å². The summed E-state index contributed by atoms with van der Waals surface area (Å²) in [5.74, 6) is 2.35. The predicted octanol–water partition coefficient (Wildman–Crippen LogP) is 3.97. The van der Waals surface area contributed by atoms with Gasteiger partial charge in [0.2, 0.25) is 0 Å². The van der Waals surface area contributed by atoms with Crippen LogP contribution in [0.5, 0.6) is 0 Å². The van der Waals surface area contributed by atoms with Crippen LogP contribution in [-0.4, -0.2) is 34.4 Å². The van der Waals surface area contributed by atoms with Crippen LogP contribution < -0.4 is 10.6 Å². The van der Waals surface area contributed by atoms with E-state index in [2.05, 4.69) is 66.5 Å². The lowest BCUT2D eigenvalue weighted by Gasteiger charge is -2.26. The van der Waals surface area contributed by atoms with E-state index in [1.807, 2.05) is 20.8 Å². The molecule has 0 saturated carbocycles. The smallest absolute Gasteiger partial charge is 0.373 e. The van der Waals surface area contributed by atoms with Crippen molar-refractivity contribution in [2.45, 2.75) is 26.8 Å². The third-order valence-electron chi connectivity index (χ3n) is 3.69. The Hall–Kier alpha value is -1.29. The summed E-state index contributed by atoms with van der Waals surface area (Å²) in [6, 6.07) is 22.0. The fourth-order valence-corrected chi connectivity index (χ4v) is 7.96. The second-order valence-electron chi connectivity index (χ2n) is 5.41. The van der Waals surface area contributed by atoms with Crippen molar-refractivity contribution in [3.63, 3.8) is 0 Å². The van der Waals surface area contributed by atoms with E-state index >= 15 is 0 Å². The fourth-order valence-electron chi connectivity index (χ4n) is 2.70. The van der Waals surface area contributed by atoms with E-state index in [0.29, 0.717) is 19.8 Å². The lowest BCUT2D eigenvalue weighted by molar-refractivity contribution is 0.0757. The van der Waals surface area contributed by atoms with Crippen LogP contribution in [0, 0.1) is 0 Å². The maximum atomic E-state index is 6.01. The summed E-state index contributed by atoms with van der Waals surface area (Å²) in [6.07, 6.45) is 0. The zero-order valence-corrected chi connectivity index (χ0v) is 17.2.